The van der Waals surface area contributed by atoms with E-state index in [1.807, 2.05) is 6.92 Å². The van der Waals surface area contributed by atoms with E-state index in [1.165, 1.54) is 11.0 Å². The number of aliphatic hydroxyl groups is 1. The fourth-order valence-corrected chi connectivity index (χ4v) is 5.50. The molecule has 0 aromatic carbocycles. The number of nitrogens with zero attached hydrogens (tertiary/aromatic N) is 8. The zero-order chi connectivity index (χ0) is 25.4. The first-order valence-corrected chi connectivity index (χ1v) is 12.2. The van der Waals surface area contributed by atoms with E-state index in [0.29, 0.717) is 48.1 Å². The maximum absolute atomic E-state index is 13.7. The Balaban J connectivity index is 1.32. The number of ether oxygens (including phenoxy) is 1. The van der Waals surface area contributed by atoms with E-state index in [4.69, 9.17) is 9.73 Å². The predicted molar refractivity (Wildman–Crippen MR) is 127 cm³/mol. The van der Waals surface area contributed by atoms with E-state index in [0.717, 1.165) is 30.5 Å². The van der Waals surface area contributed by atoms with E-state index in [1.54, 1.807) is 17.9 Å². The second-order valence-corrected chi connectivity index (χ2v) is 10.1. The lowest BCUT2D eigenvalue weighted by atomic mass is 9.76. The average Bonchev–Trinajstić information content (AvgIpc) is 3.54. The minimum absolute atomic E-state index is 0.0526. The number of carbonyl (C=O) groups excluding carboxylic acids is 2. The Labute approximate surface area is 208 Å². The molecule has 3 atom stereocenters. The molecular formula is C24H30N8O4. The molecule has 1 saturated carbocycles. The van der Waals surface area contributed by atoms with Gasteiger partial charge in [0.2, 0.25) is 5.91 Å². The molecule has 1 aliphatic carbocycles. The van der Waals surface area contributed by atoms with Gasteiger partial charge in [-0.15, -0.1) is 10.2 Å². The molecule has 12 heteroatoms. The first kappa shape index (κ1) is 24.2. The Bertz CT molecular complexity index is 1240. The Morgan fingerprint density at radius 2 is 2.14 bits per heavy atom. The van der Waals surface area contributed by atoms with Crippen LogP contribution < -0.4 is 0 Å². The molecule has 190 valence electrons. The lowest BCUT2D eigenvalue weighted by Gasteiger charge is -2.28. The molecule has 0 radical (unpaired) electrons. The molecule has 12 nitrogen and oxygen atoms in total. The zero-order valence-corrected chi connectivity index (χ0v) is 20.7. The maximum atomic E-state index is 13.7. The summed E-state index contributed by atoms with van der Waals surface area (Å²) in [6.07, 6.45) is 4.29. The minimum Gasteiger partial charge on any atom is -0.456 e. The highest BCUT2D eigenvalue weighted by molar-refractivity contribution is 5.97. The first-order valence-electron chi connectivity index (χ1n) is 12.2. The lowest BCUT2D eigenvalue weighted by Crippen LogP contribution is -2.36. The van der Waals surface area contributed by atoms with Crippen LogP contribution in [0.5, 0.6) is 0 Å². The molecule has 1 amide bonds. The number of tetrazole rings is 1. The van der Waals surface area contributed by atoms with Crippen LogP contribution in [0.25, 0.3) is 5.82 Å². The first-order chi connectivity index (χ1) is 17.3. The van der Waals surface area contributed by atoms with Crippen molar-refractivity contribution in [3.8, 4) is 5.82 Å². The highest BCUT2D eigenvalue weighted by atomic mass is 16.5. The van der Waals surface area contributed by atoms with E-state index >= 15 is 0 Å². The van der Waals surface area contributed by atoms with Crippen LogP contribution in [-0.2, 0) is 14.3 Å². The van der Waals surface area contributed by atoms with Crippen LogP contribution >= 0.6 is 0 Å². The van der Waals surface area contributed by atoms with Crippen molar-refractivity contribution in [2.24, 2.45) is 16.3 Å². The number of rotatable bonds is 5. The van der Waals surface area contributed by atoms with Gasteiger partial charge in [-0.25, -0.2) is 4.79 Å². The van der Waals surface area contributed by atoms with Gasteiger partial charge >= 0.3 is 5.97 Å². The van der Waals surface area contributed by atoms with Crippen molar-refractivity contribution in [2.75, 3.05) is 19.7 Å². The molecule has 5 rings (SSSR count). The zero-order valence-electron chi connectivity index (χ0n) is 20.7. The molecule has 1 N–H and O–H groups in total. The average molecular weight is 495 g/mol. The summed E-state index contributed by atoms with van der Waals surface area (Å²) in [6, 6.07) is 1.75. The number of aromatic nitrogens is 6. The van der Waals surface area contributed by atoms with E-state index < -0.39 is 11.5 Å². The third-order valence-electron chi connectivity index (χ3n) is 7.50. The molecule has 0 bridgehead atoms. The normalized spacial score (nSPS) is 26.7. The molecule has 1 spiro atoms. The van der Waals surface area contributed by atoms with Crippen molar-refractivity contribution in [1.29, 1.82) is 0 Å². The van der Waals surface area contributed by atoms with Gasteiger partial charge in [-0.1, -0.05) is 6.92 Å². The van der Waals surface area contributed by atoms with Crippen LogP contribution in [0.4, 0.5) is 0 Å². The Kier molecular flexibility index (Phi) is 6.37. The van der Waals surface area contributed by atoms with Crippen LogP contribution in [0.1, 0.15) is 63.3 Å². The number of aryl methyl sites for hydroxylation is 1. The summed E-state index contributed by atoms with van der Waals surface area (Å²) >= 11 is 0. The summed E-state index contributed by atoms with van der Waals surface area (Å²) in [5, 5.41) is 30.1. The fourth-order valence-electron chi connectivity index (χ4n) is 5.50. The molecule has 2 unspecified atom stereocenters. The second kappa shape index (κ2) is 9.49. The van der Waals surface area contributed by atoms with Gasteiger partial charge in [0.25, 0.3) is 0 Å². The van der Waals surface area contributed by atoms with Crippen molar-refractivity contribution >= 4 is 17.6 Å². The number of esters is 1. The largest absolute Gasteiger partial charge is 0.456 e. The third-order valence-corrected chi connectivity index (χ3v) is 7.50. The van der Waals surface area contributed by atoms with E-state index in [9.17, 15) is 14.7 Å². The van der Waals surface area contributed by atoms with Gasteiger partial charge in [0, 0.05) is 12.3 Å². The van der Waals surface area contributed by atoms with Gasteiger partial charge < -0.3 is 14.7 Å². The van der Waals surface area contributed by atoms with Gasteiger partial charge in [-0.2, -0.15) is 9.78 Å². The van der Waals surface area contributed by atoms with Crippen LogP contribution in [0, 0.1) is 18.3 Å². The van der Waals surface area contributed by atoms with Crippen molar-refractivity contribution in [1.82, 2.24) is 35.3 Å². The SMILES string of the molecule is CC1=C(N2CCC3(C/C(=N/C[C@@H](O)c4cc(C)c(-n5cnnn5)nn4)CCC(C)C3)C2=O)COC1=O. The van der Waals surface area contributed by atoms with Crippen LogP contribution in [0.15, 0.2) is 28.7 Å². The molecular weight excluding hydrogens is 464 g/mol. The summed E-state index contributed by atoms with van der Waals surface area (Å²) in [6.45, 7) is 6.61. The summed E-state index contributed by atoms with van der Waals surface area (Å²) in [4.78, 5) is 32.0. The van der Waals surface area contributed by atoms with Gasteiger partial charge in [-0.05, 0) is 73.9 Å². The molecule has 2 fully saturated rings. The lowest BCUT2D eigenvalue weighted by molar-refractivity contribution is -0.137. The molecule has 36 heavy (non-hydrogen) atoms. The van der Waals surface area contributed by atoms with Crippen molar-refractivity contribution in [2.45, 2.75) is 59.0 Å². The predicted octanol–water partition coefficient (Wildman–Crippen LogP) is 1.49. The number of hydrogen-bond acceptors (Lipinski definition) is 10. The van der Waals surface area contributed by atoms with Crippen LogP contribution in [-0.4, -0.2) is 77.7 Å². The number of cyclic esters (lactones) is 1. The van der Waals surface area contributed by atoms with Gasteiger partial charge in [-0.3, -0.25) is 9.79 Å². The summed E-state index contributed by atoms with van der Waals surface area (Å²) < 4.78 is 6.56. The topological polar surface area (TPSA) is 149 Å². The van der Waals surface area contributed by atoms with Crippen molar-refractivity contribution in [3.05, 3.63) is 34.9 Å². The molecule has 1 saturated heterocycles. The van der Waals surface area contributed by atoms with Gasteiger partial charge in [0.15, 0.2) is 5.82 Å². The molecule has 2 aromatic rings. The highest BCUT2D eigenvalue weighted by Gasteiger charge is 2.50. The molecule has 3 aliphatic rings. The number of aliphatic hydroxyl groups excluding tert-OH is 1. The van der Waals surface area contributed by atoms with Crippen molar-refractivity contribution in [3.63, 3.8) is 0 Å². The summed E-state index contributed by atoms with van der Waals surface area (Å²) in [7, 11) is 0. The van der Waals surface area contributed by atoms with E-state index in [-0.39, 0.29) is 25.0 Å². The number of likely N-dealkylation sites (tertiary alicyclic amines) is 1. The maximum Gasteiger partial charge on any atom is 0.336 e. The number of carbonyl (C=O) groups is 2. The third kappa shape index (κ3) is 4.41. The standard InChI is InChI=1S/C24H30N8O4/c1-14-4-5-17(10-24(9-14)6-7-31(23(24)35)19-12-36-22(34)16(19)3)25-11-20(33)18-8-15(2)21(28-27-18)32-13-26-29-30-32/h8,13-14,20,33H,4-7,9-12H2,1-3H3/b25-17+/t14?,20-,24?/m1/s1. The Hall–Kier alpha value is -3.54. The molecule has 2 aromatic heterocycles. The monoisotopic (exact) mass is 494 g/mol. The number of aliphatic imine (C=N–C) groups is 1. The van der Waals surface area contributed by atoms with E-state index in [2.05, 4.69) is 32.6 Å². The smallest absolute Gasteiger partial charge is 0.336 e. The van der Waals surface area contributed by atoms with Gasteiger partial charge in [0.05, 0.1) is 28.9 Å². The van der Waals surface area contributed by atoms with Crippen LogP contribution in [0.2, 0.25) is 0 Å². The highest BCUT2D eigenvalue weighted by Crippen LogP contribution is 2.46. The van der Waals surface area contributed by atoms with Gasteiger partial charge in [0.1, 0.15) is 19.0 Å². The Morgan fingerprint density at radius 3 is 2.83 bits per heavy atom. The quantitative estimate of drug-likeness (QED) is 0.610. The van der Waals surface area contributed by atoms with Crippen molar-refractivity contribution < 1.29 is 19.4 Å². The molecule has 2 aliphatic heterocycles. The minimum atomic E-state index is -0.923. The molecule has 4 heterocycles. The number of hydrogen-bond donors (Lipinski definition) is 1. The second-order valence-electron chi connectivity index (χ2n) is 10.1. The number of amides is 1. The summed E-state index contributed by atoms with van der Waals surface area (Å²) in [5.74, 6) is 0.562. The fraction of sp³-hybridized carbons (Fsp3) is 0.583. The Morgan fingerprint density at radius 1 is 1.31 bits per heavy atom. The van der Waals surface area contributed by atoms with Crippen LogP contribution in [0.3, 0.4) is 0 Å². The summed E-state index contributed by atoms with van der Waals surface area (Å²) in [5.41, 5.74) is 2.79.